The van der Waals surface area contributed by atoms with E-state index in [1.54, 1.807) is 0 Å². The second-order valence-electron chi connectivity index (χ2n) is 7.08. The van der Waals surface area contributed by atoms with Gasteiger partial charge in [0.15, 0.2) is 5.11 Å². The van der Waals surface area contributed by atoms with Crippen molar-refractivity contribution >= 4 is 34.6 Å². The summed E-state index contributed by atoms with van der Waals surface area (Å²) in [6, 6.07) is 8.53. The summed E-state index contributed by atoms with van der Waals surface area (Å²) in [5, 5.41) is 7.48. The number of hydrogen-bond acceptors (Lipinski definition) is 2. The number of fused-ring (bicyclic) bond motifs is 2. The van der Waals surface area contributed by atoms with Crippen LogP contribution in [0.2, 0.25) is 0 Å². The standard InChI is InChI=1S/C18H23N3OS/c22-17-2-1-9-21(17)15-7-5-14(6-8-15)19-18(23)20-16-11-12-3-4-13(16)10-12/h5-8,12-13,16H,1-4,9-11H2,(H2,19,20,23)/t12-,13-,16-/m0/s1. The van der Waals surface area contributed by atoms with Crippen molar-refractivity contribution in [1.29, 1.82) is 0 Å². The van der Waals surface area contributed by atoms with Gasteiger partial charge in [-0.3, -0.25) is 4.79 Å². The minimum Gasteiger partial charge on any atom is -0.359 e. The Labute approximate surface area is 142 Å². The van der Waals surface area contributed by atoms with Crippen molar-refractivity contribution in [3.05, 3.63) is 24.3 Å². The van der Waals surface area contributed by atoms with Crippen LogP contribution >= 0.6 is 12.2 Å². The Hall–Kier alpha value is -1.62. The average Bonchev–Trinajstić information content (AvgIpc) is 3.25. The third kappa shape index (κ3) is 3.07. The largest absolute Gasteiger partial charge is 0.359 e. The molecule has 1 saturated heterocycles. The summed E-state index contributed by atoms with van der Waals surface area (Å²) in [6.07, 6.45) is 7.01. The van der Waals surface area contributed by atoms with E-state index >= 15 is 0 Å². The Balaban J connectivity index is 1.33. The quantitative estimate of drug-likeness (QED) is 0.835. The van der Waals surface area contributed by atoms with Gasteiger partial charge in [0.1, 0.15) is 0 Å². The lowest BCUT2D eigenvalue weighted by molar-refractivity contribution is -0.117. The second kappa shape index (κ2) is 6.11. The zero-order valence-electron chi connectivity index (χ0n) is 13.3. The molecule has 1 heterocycles. The molecule has 3 atom stereocenters. The van der Waals surface area contributed by atoms with Gasteiger partial charge in [-0.05, 0) is 74.0 Å². The molecule has 1 aliphatic heterocycles. The Bertz CT molecular complexity index is 615. The van der Waals surface area contributed by atoms with Crippen LogP contribution in [0.4, 0.5) is 11.4 Å². The number of benzene rings is 1. The van der Waals surface area contributed by atoms with Gasteiger partial charge in [0.25, 0.3) is 0 Å². The molecule has 3 fully saturated rings. The van der Waals surface area contributed by atoms with E-state index in [2.05, 4.69) is 10.6 Å². The zero-order chi connectivity index (χ0) is 15.8. The number of nitrogens with one attached hydrogen (secondary N) is 2. The third-order valence-electron chi connectivity index (χ3n) is 5.56. The minimum atomic E-state index is 0.221. The van der Waals surface area contributed by atoms with Gasteiger partial charge < -0.3 is 15.5 Å². The molecule has 4 rings (SSSR count). The zero-order valence-corrected chi connectivity index (χ0v) is 14.1. The van der Waals surface area contributed by atoms with Gasteiger partial charge in [-0.25, -0.2) is 0 Å². The Morgan fingerprint density at radius 3 is 2.61 bits per heavy atom. The fourth-order valence-electron chi connectivity index (χ4n) is 4.40. The SMILES string of the molecule is O=C1CCCN1c1ccc(NC(=S)N[C@H]2C[C@H]3CC[C@H]2C3)cc1. The molecule has 5 heteroatoms. The van der Waals surface area contributed by atoms with Crippen molar-refractivity contribution in [1.82, 2.24) is 5.32 Å². The van der Waals surface area contributed by atoms with Gasteiger partial charge in [-0.2, -0.15) is 0 Å². The first-order valence-electron chi connectivity index (χ1n) is 8.67. The molecular weight excluding hydrogens is 306 g/mol. The van der Waals surface area contributed by atoms with Crippen LogP contribution in [0.1, 0.15) is 38.5 Å². The van der Waals surface area contributed by atoms with E-state index in [1.165, 1.54) is 25.7 Å². The highest BCUT2D eigenvalue weighted by molar-refractivity contribution is 7.80. The molecule has 23 heavy (non-hydrogen) atoms. The molecule has 0 radical (unpaired) electrons. The van der Waals surface area contributed by atoms with E-state index in [0.717, 1.165) is 36.2 Å². The van der Waals surface area contributed by atoms with Crippen molar-refractivity contribution in [2.75, 3.05) is 16.8 Å². The predicted octanol–water partition coefficient (Wildman–Crippen LogP) is 3.29. The first-order valence-corrected chi connectivity index (χ1v) is 9.08. The number of rotatable bonds is 3. The Morgan fingerprint density at radius 2 is 2.00 bits per heavy atom. The maximum atomic E-state index is 11.8. The van der Waals surface area contributed by atoms with Crippen LogP contribution in [0.25, 0.3) is 0 Å². The molecular formula is C18H23N3OS. The van der Waals surface area contributed by atoms with Crippen LogP contribution in [-0.2, 0) is 4.79 Å². The number of nitrogens with zero attached hydrogens (tertiary/aromatic N) is 1. The van der Waals surface area contributed by atoms with E-state index in [4.69, 9.17) is 12.2 Å². The monoisotopic (exact) mass is 329 g/mol. The number of anilines is 2. The molecule has 3 aliphatic rings. The number of carbonyl (C=O) groups is 1. The topological polar surface area (TPSA) is 44.4 Å². The van der Waals surface area contributed by atoms with Gasteiger partial charge in [-0.15, -0.1) is 0 Å². The molecule has 0 spiro atoms. The van der Waals surface area contributed by atoms with Crippen molar-refractivity contribution in [3.8, 4) is 0 Å². The average molecular weight is 329 g/mol. The summed E-state index contributed by atoms with van der Waals surface area (Å²) >= 11 is 5.46. The molecule has 1 aromatic rings. The highest BCUT2D eigenvalue weighted by Gasteiger charge is 2.39. The van der Waals surface area contributed by atoms with Crippen LogP contribution < -0.4 is 15.5 Å². The Morgan fingerprint density at radius 1 is 1.17 bits per heavy atom. The normalized spacial score (nSPS) is 29.1. The summed E-state index contributed by atoms with van der Waals surface area (Å²) in [5.74, 6) is 1.94. The molecule has 122 valence electrons. The van der Waals surface area contributed by atoms with Gasteiger partial charge in [0.05, 0.1) is 0 Å². The van der Waals surface area contributed by atoms with E-state index in [9.17, 15) is 4.79 Å². The van der Waals surface area contributed by atoms with E-state index in [-0.39, 0.29) is 5.91 Å². The number of carbonyl (C=O) groups excluding carboxylic acids is 1. The van der Waals surface area contributed by atoms with Crippen LogP contribution in [0.5, 0.6) is 0 Å². The maximum Gasteiger partial charge on any atom is 0.227 e. The van der Waals surface area contributed by atoms with Crippen LogP contribution in [0, 0.1) is 11.8 Å². The highest BCUT2D eigenvalue weighted by atomic mass is 32.1. The van der Waals surface area contributed by atoms with Crippen molar-refractivity contribution in [2.24, 2.45) is 11.8 Å². The van der Waals surface area contributed by atoms with Crippen LogP contribution in [-0.4, -0.2) is 23.6 Å². The lowest BCUT2D eigenvalue weighted by atomic mass is 9.96. The molecule has 4 nitrogen and oxygen atoms in total. The van der Waals surface area contributed by atoms with Gasteiger partial charge in [-0.1, -0.05) is 6.42 Å². The first-order chi connectivity index (χ1) is 11.2. The number of amides is 1. The van der Waals surface area contributed by atoms with Crippen molar-refractivity contribution in [2.45, 2.75) is 44.6 Å². The first kappa shape index (κ1) is 14.9. The van der Waals surface area contributed by atoms with Crippen molar-refractivity contribution in [3.63, 3.8) is 0 Å². The molecule has 2 saturated carbocycles. The predicted molar refractivity (Wildman–Crippen MR) is 96.6 cm³/mol. The van der Waals surface area contributed by atoms with Gasteiger partial charge in [0.2, 0.25) is 5.91 Å². The Kier molecular flexibility index (Phi) is 3.97. The summed E-state index contributed by atoms with van der Waals surface area (Å²) in [7, 11) is 0. The molecule has 1 amide bonds. The molecule has 2 N–H and O–H groups in total. The van der Waals surface area contributed by atoms with Crippen LogP contribution in [0.3, 0.4) is 0 Å². The summed E-state index contributed by atoms with van der Waals surface area (Å²) < 4.78 is 0. The smallest absolute Gasteiger partial charge is 0.227 e. The van der Waals surface area contributed by atoms with E-state index in [1.807, 2.05) is 29.2 Å². The summed E-state index contributed by atoms with van der Waals surface area (Å²) in [6.45, 7) is 0.829. The molecule has 2 aliphatic carbocycles. The fourth-order valence-corrected chi connectivity index (χ4v) is 4.67. The van der Waals surface area contributed by atoms with E-state index in [0.29, 0.717) is 17.6 Å². The molecule has 2 bridgehead atoms. The van der Waals surface area contributed by atoms with Crippen molar-refractivity contribution < 1.29 is 4.79 Å². The fraction of sp³-hybridized carbons (Fsp3) is 0.556. The molecule has 0 aromatic heterocycles. The highest BCUT2D eigenvalue weighted by Crippen LogP contribution is 2.44. The molecule has 0 unspecified atom stereocenters. The minimum absolute atomic E-state index is 0.221. The molecule has 1 aromatic carbocycles. The number of hydrogen-bond donors (Lipinski definition) is 2. The van der Waals surface area contributed by atoms with Gasteiger partial charge in [0, 0.05) is 30.4 Å². The third-order valence-corrected chi connectivity index (χ3v) is 5.78. The lowest BCUT2D eigenvalue weighted by Gasteiger charge is -2.24. The summed E-state index contributed by atoms with van der Waals surface area (Å²) in [5.41, 5.74) is 1.95. The van der Waals surface area contributed by atoms with Crippen LogP contribution in [0.15, 0.2) is 24.3 Å². The number of thiocarbonyl (C=S) groups is 1. The van der Waals surface area contributed by atoms with Gasteiger partial charge >= 0.3 is 0 Å². The second-order valence-corrected chi connectivity index (χ2v) is 7.48. The maximum absolute atomic E-state index is 11.8. The lowest BCUT2D eigenvalue weighted by Crippen LogP contribution is -2.40. The summed E-state index contributed by atoms with van der Waals surface area (Å²) in [4.78, 5) is 13.6. The van der Waals surface area contributed by atoms with E-state index < -0.39 is 0 Å².